The average molecular weight is 325 g/mol. The molecule has 1 heterocycles. The van der Waals surface area contributed by atoms with Crippen LogP contribution < -0.4 is 16.0 Å². The van der Waals surface area contributed by atoms with Crippen LogP contribution in [0.2, 0.25) is 0 Å². The van der Waals surface area contributed by atoms with E-state index in [2.05, 4.69) is 16.0 Å². The van der Waals surface area contributed by atoms with Gasteiger partial charge in [-0.05, 0) is 66.0 Å². The van der Waals surface area contributed by atoms with Crippen LogP contribution in [0.4, 0.5) is 4.79 Å². The molecule has 5 heteroatoms. The van der Waals surface area contributed by atoms with E-state index < -0.39 is 5.60 Å². The van der Waals surface area contributed by atoms with Crippen molar-refractivity contribution in [2.75, 3.05) is 13.1 Å². The van der Waals surface area contributed by atoms with E-state index in [1.807, 2.05) is 20.8 Å². The number of ether oxygens (including phenoxy) is 1. The van der Waals surface area contributed by atoms with Crippen LogP contribution in [0.3, 0.4) is 0 Å². The molecule has 134 valence electrons. The lowest BCUT2D eigenvalue weighted by Gasteiger charge is -2.31. The van der Waals surface area contributed by atoms with E-state index >= 15 is 0 Å². The summed E-state index contributed by atoms with van der Waals surface area (Å²) in [6, 6.07) is 1.12. The summed E-state index contributed by atoms with van der Waals surface area (Å²) >= 11 is 0. The Morgan fingerprint density at radius 3 is 2.43 bits per heavy atom. The van der Waals surface area contributed by atoms with Crippen LogP contribution in [0, 0.1) is 0 Å². The van der Waals surface area contributed by atoms with Gasteiger partial charge in [-0.25, -0.2) is 4.79 Å². The number of carbonyl (C=O) groups is 1. The Kier molecular flexibility index (Phi) is 7.15. The third-order valence-electron chi connectivity index (χ3n) is 4.74. The van der Waals surface area contributed by atoms with E-state index in [0.717, 1.165) is 25.9 Å². The zero-order valence-corrected chi connectivity index (χ0v) is 15.1. The van der Waals surface area contributed by atoms with Gasteiger partial charge in [-0.1, -0.05) is 19.3 Å². The third kappa shape index (κ3) is 7.08. The molecule has 1 saturated carbocycles. The summed E-state index contributed by atoms with van der Waals surface area (Å²) in [5.74, 6) is 0. The van der Waals surface area contributed by atoms with Crippen molar-refractivity contribution in [3.63, 3.8) is 0 Å². The Balaban J connectivity index is 1.91. The zero-order valence-electron chi connectivity index (χ0n) is 15.1. The highest BCUT2D eigenvalue weighted by Crippen LogP contribution is 2.21. The zero-order chi connectivity index (χ0) is 16.7. The van der Waals surface area contributed by atoms with Crippen LogP contribution in [0.1, 0.15) is 72.1 Å². The summed E-state index contributed by atoms with van der Waals surface area (Å²) in [5.41, 5.74) is -0.440. The summed E-state index contributed by atoms with van der Waals surface area (Å²) < 4.78 is 5.45. The molecule has 0 aromatic heterocycles. The van der Waals surface area contributed by atoms with E-state index in [1.165, 1.54) is 38.5 Å². The summed E-state index contributed by atoms with van der Waals surface area (Å²) in [6.07, 6.45) is 9.23. The van der Waals surface area contributed by atoms with Crippen molar-refractivity contribution in [3.8, 4) is 0 Å². The SMILES string of the molecule is CC(C)(C)OC(=O)NC1CCCCCC1NC1CCCNCC1. The Hall–Kier alpha value is -0.810. The number of rotatable bonds is 3. The maximum Gasteiger partial charge on any atom is 0.407 e. The number of alkyl carbamates (subject to hydrolysis) is 1. The normalized spacial score (nSPS) is 30.1. The second-order valence-electron chi connectivity index (χ2n) is 8.04. The maximum atomic E-state index is 12.2. The Bertz CT molecular complexity index is 360. The fourth-order valence-electron chi connectivity index (χ4n) is 3.63. The lowest BCUT2D eigenvalue weighted by Crippen LogP contribution is -2.53. The van der Waals surface area contributed by atoms with Gasteiger partial charge in [-0.2, -0.15) is 0 Å². The van der Waals surface area contributed by atoms with Crippen LogP contribution >= 0.6 is 0 Å². The van der Waals surface area contributed by atoms with Gasteiger partial charge < -0.3 is 20.7 Å². The molecular formula is C18H35N3O2. The Labute approximate surface area is 141 Å². The second-order valence-corrected chi connectivity index (χ2v) is 8.04. The van der Waals surface area contributed by atoms with Crippen molar-refractivity contribution in [2.45, 2.75) is 95.9 Å². The van der Waals surface area contributed by atoms with E-state index in [-0.39, 0.29) is 12.1 Å². The van der Waals surface area contributed by atoms with Crippen molar-refractivity contribution in [2.24, 2.45) is 0 Å². The van der Waals surface area contributed by atoms with Crippen LogP contribution in [0.5, 0.6) is 0 Å². The van der Waals surface area contributed by atoms with Crippen LogP contribution in [-0.4, -0.2) is 42.9 Å². The molecule has 2 fully saturated rings. The van der Waals surface area contributed by atoms with Crippen LogP contribution in [0.25, 0.3) is 0 Å². The predicted octanol–water partition coefficient (Wildman–Crippen LogP) is 2.94. The van der Waals surface area contributed by atoms with Crippen LogP contribution in [-0.2, 0) is 4.74 Å². The molecule has 3 N–H and O–H groups in total. The molecule has 23 heavy (non-hydrogen) atoms. The molecule has 1 saturated heterocycles. The van der Waals surface area contributed by atoms with E-state index in [9.17, 15) is 4.79 Å². The van der Waals surface area contributed by atoms with E-state index in [4.69, 9.17) is 4.74 Å². The largest absolute Gasteiger partial charge is 0.444 e. The van der Waals surface area contributed by atoms with Gasteiger partial charge >= 0.3 is 6.09 Å². The molecule has 2 aliphatic rings. The topological polar surface area (TPSA) is 62.4 Å². The molecule has 0 aromatic rings. The predicted molar refractivity (Wildman–Crippen MR) is 93.7 cm³/mol. The minimum Gasteiger partial charge on any atom is -0.444 e. The number of amides is 1. The first-order valence-corrected chi connectivity index (χ1v) is 9.40. The molecule has 3 unspecified atom stereocenters. The van der Waals surface area contributed by atoms with Gasteiger partial charge in [-0.15, -0.1) is 0 Å². The number of nitrogens with one attached hydrogen (secondary N) is 3. The van der Waals surface area contributed by atoms with Crippen molar-refractivity contribution in [3.05, 3.63) is 0 Å². The van der Waals surface area contributed by atoms with Gasteiger partial charge in [0.15, 0.2) is 0 Å². The molecular weight excluding hydrogens is 290 g/mol. The van der Waals surface area contributed by atoms with Gasteiger partial charge in [0, 0.05) is 18.1 Å². The monoisotopic (exact) mass is 325 g/mol. The van der Waals surface area contributed by atoms with Crippen molar-refractivity contribution < 1.29 is 9.53 Å². The molecule has 0 spiro atoms. The summed E-state index contributed by atoms with van der Waals surface area (Å²) in [5, 5.41) is 10.4. The molecule has 0 radical (unpaired) electrons. The van der Waals surface area contributed by atoms with Crippen molar-refractivity contribution in [1.82, 2.24) is 16.0 Å². The standard InChI is InChI=1S/C18H35N3O2/c1-18(2,3)23-17(22)21-16-10-6-4-5-9-15(16)20-14-8-7-12-19-13-11-14/h14-16,19-20H,4-13H2,1-3H3,(H,21,22). The van der Waals surface area contributed by atoms with E-state index in [0.29, 0.717) is 12.1 Å². The van der Waals surface area contributed by atoms with Crippen molar-refractivity contribution >= 4 is 6.09 Å². The average Bonchev–Trinajstić information content (AvgIpc) is 2.81. The Morgan fingerprint density at radius 1 is 0.957 bits per heavy atom. The number of hydrogen-bond acceptors (Lipinski definition) is 4. The van der Waals surface area contributed by atoms with Crippen LogP contribution in [0.15, 0.2) is 0 Å². The lowest BCUT2D eigenvalue weighted by molar-refractivity contribution is 0.0487. The molecule has 1 aliphatic carbocycles. The lowest BCUT2D eigenvalue weighted by atomic mass is 10.00. The molecule has 2 rings (SSSR count). The second kappa shape index (κ2) is 8.88. The van der Waals surface area contributed by atoms with Gasteiger partial charge in [0.1, 0.15) is 5.60 Å². The minimum absolute atomic E-state index is 0.184. The van der Waals surface area contributed by atoms with Gasteiger partial charge in [0.25, 0.3) is 0 Å². The van der Waals surface area contributed by atoms with Gasteiger partial charge in [0.2, 0.25) is 0 Å². The van der Waals surface area contributed by atoms with E-state index in [1.54, 1.807) is 0 Å². The summed E-state index contributed by atoms with van der Waals surface area (Å²) in [7, 11) is 0. The quantitative estimate of drug-likeness (QED) is 0.698. The number of carbonyl (C=O) groups excluding carboxylic acids is 1. The number of hydrogen-bond donors (Lipinski definition) is 3. The first kappa shape index (κ1) is 18.5. The highest BCUT2D eigenvalue weighted by molar-refractivity contribution is 5.68. The van der Waals surface area contributed by atoms with Gasteiger partial charge in [-0.3, -0.25) is 0 Å². The Morgan fingerprint density at radius 2 is 1.70 bits per heavy atom. The summed E-state index contributed by atoms with van der Waals surface area (Å²) in [6.45, 7) is 7.95. The smallest absolute Gasteiger partial charge is 0.407 e. The first-order chi connectivity index (χ1) is 10.9. The molecule has 5 nitrogen and oxygen atoms in total. The first-order valence-electron chi connectivity index (χ1n) is 9.40. The fraction of sp³-hybridized carbons (Fsp3) is 0.944. The highest BCUT2D eigenvalue weighted by Gasteiger charge is 2.29. The molecule has 1 amide bonds. The molecule has 3 atom stereocenters. The summed E-state index contributed by atoms with van der Waals surface area (Å²) in [4.78, 5) is 12.2. The molecule has 0 bridgehead atoms. The highest BCUT2D eigenvalue weighted by atomic mass is 16.6. The maximum absolute atomic E-state index is 12.2. The fourth-order valence-corrected chi connectivity index (χ4v) is 3.63. The molecule has 1 aliphatic heterocycles. The van der Waals surface area contributed by atoms with Gasteiger partial charge in [0.05, 0.1) is 0 Å². The third-order valence-corrected chi connectivity index (χ3v) is 4.74. The minimum atomic E-state index is -0.440. The van der Waals surface area contributed by atoms with Crippen molar-refractivity contribution in [1.29, 1.82) is 0 Å². The molecule has 0 aromatic carbocycles.